The number of carbonyl (C=O) groups is 2. The van der Waals surface area contributed by atoms with Crippen molar-refractivity contribution in [1.29, 1.82) is 5.26 Å². The van der Waals surface area contributed by atoms with Crippen LogP contribution < -0.4 is 14.8 Å². The predicted molar refractivity (Wildman–Crippen MR) is 142 cm³/mol. The standard InChI is InChI=1S/C29H36N2O9/c1-4-6-13-35-27(33)39-29(40-28(34)36-14-7-5-2)37-25-12-11-21(17-26(25)38-29)15-20(3)31-19-24(32)23-10-8-9-22(16-23)18-30/h8-12,16-17,20,24,31-32H,4-7,13-15,19H2,1-3H3. The normalized spacial score (nSPS) is 14.5. The Morgan fingerprint density at radius 2 is 1.65 bits per heavy atom. The topological polar surface area (TPSA) is 146 Å². The molecule has 0 fully saturated rings. The molecule has 1 aliphatic rings. The third-order valence-corrected chi connectivity index (χ3v) is 5.93. The third kappa shape index (κ3) is 9.03. The smallest absolute Gasteiger partial charge is 0.434 e. The lowest BCUT2D eigenvalue weighted by Gasteiger charge is -2.23. The van der Waals surface area contributed by atoms with Gasteiger partial charge in [-0.15, -0.1) is 0 Å². The molecule has 0 radical (unpaired) electrons. The maximum atomic E-state index is 12.3. The average Bonchev–Trinajstić information content (AvgIpc) is 3.28. The van der Waals surface area contributed by atoms with E-state index in [4.69, 9.17) is 33.7 Å². The highest BCUT2D eigenvalue weighted by Crippen LogP contribution is 2.41. The summed E-state index contributed by atoms with van der Waals surface area (Å²) >= 11 is 0. The number of rotatable bonds is 14. The molecule has 0 aliphatic carbocycles. The summed E-state index contributed by atoms with van der Waals surface area (Å²) in [6.45, 7) is 6.36. The van der Waals surface area contributed by atoms with Crippen LogP contribution >= 0.6 is 0 Å². The van der Waals surface area contributed by atoms with Crippen LogP contribution in [0.4, 0.5) is 9.59 Å². The molecular weight excluding hydrogens is 520 g/mol. The summed E-state index contributed by atoms with van der Waals surface area (Å²) in [5.74, 6) is 0.389. The quantitative estimate of drug-likeness (QED) is 0.182. The van der Waals surface area contributed by atoms with E-state index in [9.17, 15) is 14.7 Å². The van der Waals surface area contributed by atoms with Gasteiger partial charge in [0.15, 0.2) is 11.5 Å². The second-order valence-corrected chi connectivity index (χ2v) is 9.36. The first-order valence-electron chi connectivity index (χ1n) is 13.4. The Balaban J connectivity index is 1.63. The van der Waals surface area contributed by atoms with E-state index in [1.807, 2.05) is 20.8 Å². The molecule has 0 aromatic heterocycles. The summed E-state index contributed by atoms with van der Waals surface area (Å²) in [7, 11) is 0. The van der Waals surface area contributed by atoms with E-state index in [1.54, 1.807) is 42.5 Å². The van der Waals surface area contributed by atoms with Crippen molar-refractivity contribution >= 4 is 12.3 Å². The molecule has 1 heterocycles. The first-order chi connectivity index (χ1) is 19.3. The Kier molecular flexibility index (Phi) is 11.4. The molecule has 2 aromatic carbocycles. The predicted octanol–water partition coefficient (Wildman–Crippen LogP) is 5.10. The van der Waals surface area contributed by atoms with E-state index in [-0.39, 0.29) is 37.3 Å². The van der Waals surface area contributed by atoms with Crippen molar-refractivity contribution in [3.05, 3.63) is 59.2 Å². The van der Waals surface area contributed by atoms with E-state index in [0.29, 0.717) is 30.4 Å². The number of unbranched alkanes of at least 4 members (excludes halogenated alkanes) is 2. The van der Waals surface area contributed by atoms with E-state index in [2.05, 4.69) is 11.4 Å². The second-order valence-electron chi connectivity index (χ2n) is 9.36. The Morgan fingerprint density at radius 3 is 2.27 bits per heavy atom. The van der Waals surface area contributed by atoms with Crippen molar-refractivity contribution in [3.63, 3.8) is 0 Å². The molecule has 216 valence electrons. The number of ether oxygens (including phenoxy) is 6. The van der Waals surface area contributed by atoms with Gasteiger partial charge in [-0.2, -0.15) is 5.26 Å². The molecule has 0 spiro atoms. The van der Waals surface area contributed by atoms with E-state index in [0.717, 1.165) is 18.4 Å². The lowest BCUT2D eigenvalue weighted by molar-refractivity contribution is -0.384. The van der Waals surface area contributed by atoms with Crippen LogP contribution in [0.25, 0.3) is 0 Å². The molecule has 0 amide bonds. The zero-order valence-electron chi connectivity index (χ0n) is 23.0. The first kappa shape index (κ1) is 30.5. The fourth-order valence-corrected chi connectivity index (χ4v) is 3.77. The minimum absolute atomic E-state index is 0.0477. The highest BCUT2D eigenvalue weighted by atomic mass is 17.1. The number of aliphatic hydroxyl groups is 1. The van der Waals surface area contributed by atoms with Crippen LogP contribution in [-0.4, -0.2) is 49.4 Å². The van der Waals surface area contributed by atoms with Gasteiger partial charge in [-0.05, 0) is 61.6 Å². The SMILES string of the molecule is CCCCOC(=O)OC1(OC(=O)OCCCC)Oc2ccc(CC(C)NCC(O)c3cccc(C#N)c3)cc2O1. The van der Waals surface area contributed by atoms with Crippen LogP contribution in [0.5, 0.6) is 11.5 Å². The minimum atomic E-state index is -2.53. The molecule has 2 atom stereocenters. The number of nitrogens with zero attached hydrogens (tertiary/aromatic N) is 1. The summed E-state index contributed by atoms with van der Waals surface area (Å²) < 4.78 is 31.7. The molecule has 11 heteroatoms. The number of nitriles is 1. The van der Waals surface area contributed by atoms with Crippen LogP contribution in [0.15, 0.2) is 42.5 Å². The van der Waals surface area contributed by atoms with Crippen LogP contribution in [0.3, 0.4) is 0 Å². The molecule has 3 rings (SSSR count). The molecule has 2 N–H and O–H groups in total. The van der Waals surface area contributed by atoms with Crippen LogP contribution in [0, 0.1) is 11.3 Å². The Hall–Kier alpha value is -4.01. The number of hydrogen-bond acceptors (Lipinski definition) is 11. The highest BCUT2D eigenvalue weighted by Gasteiger charge is 2.53. The summed E-state index contributed by atoms with van der Waals surface area (Å²) in [6.07, 6.45) is -2.14. The lowest BCUT2D eigenvalue weighted by atomic mass is 10.0. The van der Waals surface area contributed by atoms with Gasteiger partial charge in [-0.1, -0.05) is 44.9 Å². The average molecular weight is 557 g/mol. The van der Waals surface area contributed by atoms with Crippen LogP contribution in [-0.2, 0) is 25.4 Å². The van der Waals surface area contributed by atoms with Crippen molar-refractivity contribution in [1.82, 2.24) is 5.32 Å². The molecule has 0 bridgehead atoms. The molecular formula is C29H36N2O9. The highest BCUT2D eigenvalue weighted by molar-refractivity contribution is 5.63. The monoisotopic (exact) mass is 556 g/mol. The number of fused-ring (bicyclic) bond motifs is 1. The summed E-state index contributed by atoms with van der Waals surface area (Å²) in [5, 5.41) is 22.9. The first-order valence-corrected chi connectivity index (χ1v) is 13.4. The van der Waals surface area contributed by atoms with Gasteiger partial charge in [-0.3, -0.25) is 0 Å². The summed E-state index contributed by atoms with van der Waals surface area (Å²) in [4.78, 5) is 24.5. The number of hydrogen-bond donors (Lipinski definition) is 2. The van der Waals surface area contributed by atoms with Gasteiger partial charge >= 0.3 is 18.5 Å². The molecule has 40 heavy (non-hydrogen) atoms. The van der Waals surface area contributed by atoms with Gasteiger partial charge in [-0.25, -0.2) is 9.59 Å². The number of benzene rings is 2. The molecule has 0 saturated carbocycles. The van der Waals surface area contributed by atoms with Gasteiger partial charge in [0.2, 0.25) is 0 Å². The van der Waals surface area contributed by atoms with Crippen LogP contribution in [0.1, 0.15) is 69.2 Å². The zero-order valence-corrected chi connectivity index (χ0v) is 23.0. The van der Waals surface area contributed by atoms with Crippen LogP contribution in [0.2, 0.25) is 0 Å². The summed E-state index contributed by atoms with van der Waals surface area (Å²) in [5.41, 5.74) is 1.98. The Morgan fingerprint density at radius 1 is 1.00 bits per heavy atom. The van der Waals surface area contributed by atoms with Gasteiger partial charge in [0.25, 0.3) is 0 Å². The maximum absolute atomic E-state index is 12.3. The molecule has 2 unspecified atom stereocenters. The maximum Gasteiger partial charge on any atom is 0.620 e. The van der Waals surface area contributed by atoms with Crippen molar-refractivity contribution < 1.29 is 43.1 Å². The van der Waals surface area contributed by atoms with E-state index < -0.39 is 24.6 Å². The fourth-order valence-electron chi connectivity index (χ4n) is 3.77. The second kappa shape index (κ2) is 15.0. The van der Waals surface area contributed by atoms with Gasteiger partial charge in [0.1, 0.15) is 0 Å². The Labute approximate surface area is 233 Å². The van der Waals surface area contributed by atoms with Gasteiger partial charge in [0, 0.05) is 12.6 Å². The lowest BCUT2D eigenvalue weighted by Crippen LogP contribution is -2.48. The number of carbonyl (C=O) groups excluding carboxylic acids is 2. The van der Waals surface area contributed by atoms with Crippen molar-refractivity contribution in [2.24, 2.45) is 0 Å². The minimum Gasteiger partial charge on any atom is -0.434 e. The number of nitrogens with one attached hydrogen (secondary N) is 1. The molecule has 0 saturated heterocycles. The van der Waals surface area contributed by atoms with Crippen molar-refractivity contribution in [2.75, 3.05) is 19.8 Å². The summed E-state index contributed by atoms with van der Waals surface area (Å²) in [6, 6.07) is 13.9. The number of aliphatic hydroxyl groups excluding tert-OH is 1. The molecule has 11 nitrogen and oxygen atoms in total. The zero-order chi connectivity index (χ0) is 29.0. The van der Waals surface area contributed by atoms with E-state index >= 15 is 0 Å². The van der Waals surface area contributed by atoms with Crippen molar-refractivity contribution in [3.8, 4) is 17.6 Å². The molecule has 2 aromatic rings. The third-order valence-electron chi connectivity index (χ3n) is 5.93. The fraction of sp³-hybridized carbons (Fsp3) is 0.483. The van der Waals surface area contributed by atoms with Gasteiger partial charge < -0.3 is 38.8 Å². The largest absolute Gasteiger partial charge is 0.620 e. The van der Waals surface area contributed by atoms with Gasteiger partial charge in [0.05, 0.1) is 31.0 Å². The Bertz CT molecular complexity index is 1160. The van der Waals surface area contributed by atoms with E-state index in [1.165, 1.54) is 0 Å². The van der Waals surface area contributed by atoms with Crippen molar-refractivity contribution in [2.45, 2.75) is 71.2 Å². The molecule has 1 aliphatic heterocycles.